The summed E-state index contributed by atoms with van der Waals surface area (Å²) in [7, 11) is 0. The maximum absolute atomic E-state index is 6.31. The van der Waals surface area contributed by atoms with Crippen molar-refractivity contribution >= 4 is 29.0 Å². The number of rotatable bonds is 3. The van der Waals surface area contributed by atoms with E-state index in [2.05, 4.69) is 16.8 Å². The van der Waals surface area contributed by atoms with Crippen LogP contribution in [-0.2, 0) is 0 Å². The third-order valence-electron chi connectivity index (χ3n) is 4.93. The fourth-order valence-corrected chi connectivity index (χ4v) is 3.44. The van der Waals surface area contributed by atoms with Crippen LogP contribution in [0.2, 0.25) is 10.0 Å². The van der Waals surface area contributed by atoms with Crippen LogP contribution in [0, 0.1) is 12.3 Å². The summed E-state index contributed by atoms with van der Waals surface area (Å²) in [6, 6.07) is 5.56. The van der Waals surface area contributed by atoms with Gasteiger partial charge in [0.1, 0.15) is 5.82 Å². The van der Waals surface area contributed by atoms with Crippen molar-refractivity contribution in [3.05, 3.63) is 40.1 Å². The predicted octanol–water partition coefficient (Wildman–Crippen LogP) is 4.32. The van der Waals surface area contributed by atoms with Crippen molar-refractivity contribution in [2.75, 3.05) is 24.5 Å². The number of benzene rings is 1. The predicted molar refractivity (Wildman–Crippen MR) is 101 cm³/mol. The lowest BCUT2D eigenvalue weighted by Gasteiger charge is -2.39. The highest BCUT2D eigenvalue weighted by molar-refractivity contribution is 6.43. The van der Waals surface area contributed by atoms with Crippen LogP contribution in [0.1, 0.15) is 25.5 Å². The number of hydrogen-bond donors (Lipinski definition) is 1. The van der Waals surface area contributed by atoms with Crippen molar-refractivity contribution in [1.29, 1.82) is 0 Å². The summed E-state index contributed by atoms with van der Waals surface area (Å²) >= 11 is 12.4. The number of aryl methyl sites for hydroxylation is 1. The van der Waals surface area contributed by atoms with Gasteiger partial charge in [0.15, 0.2) is 0 Å². The summed E-state index contributed by atoms with van der Waals surface area (Å²) in [4.78, 5) is 11.6. The minimum Gasteiger partial charge on any atom is -0.355 e. The van der Waals surface area contributed by atoms with Gasteiger partial charge in [0, 0.05) is 18.7 Å². The van der Waals surface area contributed by atoms with Gasteiger partial charge in [-0.3, -0.25) is 4.98 Å². The molecular formula is C18H22Cl2N4. The van der Waals surface area contributed by atoms with E-state index >= 15 is 0 Å². The molecule has 1 aliphatic heterocycles. The van der Waals surface area contributed by atoms with Crippen LogP contribution in [0.4, 0.5) is 5.82 Å². The first-order valence-corrected chi connectivity index (χ1v) is 8.92. The van der Waals surface area contributed by atoms with E-state index in [1.165, 1.54) is 0 Å². The quantitative estimate of drug-likeness (QED) is 0.880. The summed E-state index contributed by atoms with van der Waals surface area (Å²) in [6.07, 6.45) is 3.98. The molecule has 1 aliphatic rings. The van der Waals surface area contributed by atoms with Gasteiger partial charge in [-0.05, 0) is 37.8 Å². The molecule has 128 valence electrons. The van der Waals surface area contributed by atoms with Crippen LogP contribution in [0.15, 0.2) is 24.4 Å². The van der Waals surface area contributed by atoms with Gasteiger partial charge in [0.05, 0.1) is 27.6 Å². The first kappa shape index (κ1) is 17.5. The molecule has 0 bridgehead atoms. The average Bonchev–Trinajstić information content (AvgIpc) is 2.58. The molecule has 24 heavy (non-hydrogen) atoms. The van der Waals surface area contributed by atoms with E-state index in [-0.39, 0.29) is 5.41 Å². The van der Waals surface area contributed by atoms with Gasteiger partial charge in [-0.2, -0.15) is 0 Å². The Morgan fingerprint density at radius 1 is 1.25 bits per heavy atom. The Kier molecular flexibility index (Phi) is 5.00. The molecule has 1 fully saturated rings. The van der Waals surface area contributed by atoms with Crippen LogP contribution >= 0.6 is 23.2 Å². The Morgan fingerprint density at radius 3 is 2.58 bits per heavy atom. The first-order valence-electron chi connectivity index (χ1n) is 8.16. The van der Waals surface area contributed by atoms with Crippen molar-refractivity contribution in [1.82, 2.24) is 9.97 Å². The minimum absolute atomic E-state index is 0.243. The number of nitrogens with zero attached hydrogens (tertiary/aromatic N) is 3. The smallest absolute Gasteiger partial charge is 0.147 e. The van der Waals surface area contributed by atoms with Crippen molar-refractivity contribution < 1.29 is 0 Å². The van der Waals surface area contributed by atoms with Crippen LogP contribution < -0.4 is 10.6 Å². The first-order chi connectivity index (χ1) is 11.4. The highest BCUT2D eigenvalue weighted by Crippen LogP contribution is 2.35. The second kappa shape index (κ2) is 6.87. The lowest BCUT2D eigenvalue weighted by Crippen LogP contribution is -2.42. The molecule has 0 unspecified atom stereocenters. The van der Waals surface area contributed by atoms with Gasteiger partial charge >= 0.3 is 0 Å². The molecular weight excluding hydrogens is 343 g/mol. The molecule has 0 amide bonds. The Morgan fingerprint density at radius 2 is 1.96 bits per heavy atom. The molecule has 0 aliphatic carbocycles. The summed E-state index contributed by atoms with van der Waals surface area (Å²) in [5.41, 5.74) is 8.57. The lowest BCUT2D eigenvalue weighted by molar-refractivity contribution is 0.258. The Hall–Kier alpha value is -1.36. The van der Waals surface area contributed by atoms with E-state index in [9.17, 15) is 0 Å². The van der Waals surface area contributed by atoms with E-state index in [0.29, 0.717) is 10.0 Å². The van der Waals surface area contributed by atoms with E-state index in [1.54, 1.807) is 6.07 Å². The largest absolute Gasteiger partial charge is 0.355 e. The third kappa shape index (κ3) is 3.37. The van der Waals surface area contributed by atoms with E-state index in [4.69, 9.17) is 33.9 Å². The molecule has 0 radical (unpaired) electrons. The van der Waals surface area contributed by atoms with Crippen molar-refractivity contribution in [3.8, 4) is 11.3 Å². The summed E-state index contributed by atoms with van der Waals surface area (Å²) in [5, 5.41) is 1.04. The molecule has 4 nitrogen and oxygen atoms in total. The van der Waals surface area contributed by atoms with E-state index in [1.807, 2.05) is 25.3 Å². The second-order valence-corrected chi connectivity index (χ2v) is 7.55. The van der Waals surface area contributed by atoms with Gasteiger partial charge in [-0.15, -0.1) is 0 Å². The molecule has 2 aromatic rings. The van der Waals surface area contributed by atoms with E-state index < -0.39 is 0 Å². The summed E-state index contributed by atoms with van der Waals surface area (Å²) < 4.78 is 0. The Balaban J connectivity index is 1.85. The fourth-order valence-electron chi connectivity index (χ4n) is 3.05. The SMILES string of the molecule is Cc1nc(N2CCC(C)(CN)CC2)cnc1-c1cccc(Cl)c1Cl. The standard InChI is InChI=1S/C18H22Cl2N4/c1-12-17(13-4-3-5-14(19)16(13)20)22-10-15(23-12)24-8-6-18(2,11-21)7-9-24/h3-5,10H,6-9,11,21H2,1-2H3. The lowest BCUT2D eigenvalue weighted by atomic mass is 9.80. The number of halogens is 2. The number of anilines is 1. The number of piperidine rings is 1. The molecule has 2 N–H and O–H groups in total. The van der Waals surface area contributed by atoms with Crippen molar-refractivity contribution in [3.63, 3.8) is 0 Å². The van der Waals surface area contributed by atoms with Crippen molar-refractivity contribution in [2.24, 2.45) is 11.1 Å². The number of aromatic nitrogens is 2. The van der Waals surface area contributed by atoms with Gasteiger partial charge in [-0.1, -0.05) is 42.3 Å². The topological polar surface area (TPSA) is 55.0 Å². The molecule has 2 heterocycles. The maximum atomic E-state index is 6.31. The van der Waals surface area contributed by atoms with Crippen LogP contribution in [0.3, 0.4) is 0 Å². The monoisotopic (exact) mass is 364 g/mol. The molecule has 3 rings (SSSR count). The second-order valence-electron chi connectivity index (χ2n) is 6.77. The summed E-state index contributed by atoms with van der Waals surface area (Å²) in [6.45, 7) is 6.86. The van der Waals surface area contributed by atoms with Gasteiger partial charge < -0.3 is 10.6 Å². The maximum Gasteiger partial charge on any atom is 0.147 e. The highest BCUT2D eigenvalue weighted by atomic mass is 35.5. The zero-order valence-electron chi connectivity index (χ0n) is 14.0. The zero-order chi connectivity index (χ0) is 17.3. The molecule has 0 saturated carbocycles. The third-order valence-corrected chi connectivity index (χ3v) is 5.75. The van der Waals surface area contributed by atoms with Crippen LogP contribution in [0.5, 0.6) is 0 Å². The van der Waals surface area contributed by atoms with Crippen LogP contribution in [0.25, 0.3) is 11.3 Å². The van der Waals surface area contributed by atoms with Crippen LogP contribution in [-0.4, -0.2) is 29.6 Å². The van der Waals surface area contributed by atoms with Gasteiger partial charge in [-0.25, -0.2) is 4.98 Å². The fraction of sp³-hybridized carbons (Fsp3) is 0.444. The van der Waals surface area contributed by atoms with Crippen molar-refractivity contribution in [2.45, 2.75) is 26.7 Å². The Labute approximate surface area is 153 Å². The Bertz CT molecular complexity index is 740. The zero-order valence-corrected chi connectivity index (χ0v) is 15.5. The highest BCUT2D eigenvalue weighted by Gasteiger charge is 2.29. The molecule has 0 atom stereocenters. The summed E-state index contributed by atoms with van der Waals surface area (Å²) in [5.74, 6) is 0.911. The number of nitrogens with two attached hydrogens (primary N) is 1. The van der Waals surface area contributed by atoms with E-state index in [0.717, 1.165) is 55.2 Å². The normalized spacial score (nSPS) is 17.1. The molecule has 1 aromatic heterocycles. The number of hydrogen-bond acceptors (Lipinski definition) is 4. The average molecular weight is 365 g/mol. The molecule has 1 saturated heterocycles. The minimum atomic E-state index is 0.243. The van der Waals surface area contributed by atoms with Gasteiger partial charge in [0.2, 0.25) is 0 Å². The molecule has 0 spiro atoms. The molecule has 1 aromatic carbocycles. The van der Waals surface area contributed by atoms with Gasteiger partial charge in [0.25, 0.3) is 0 Å². The molecule has 6 heteroatoms.